The smallest absolute Gasteiger partial charge is 0.326 e. The van der Waals surface area contributed by atoms with Crippen molar-refractivity contribution in [2.45, 2.75) is 38.8 Å². The zero-order chi connectivity index (χ0) is 16.6. The van der Waals surface area contributed by atoms with Crippen molar-refractivity contribution in [1.82, 2.24) is 15.5 Å². The molecule has 0 saturated carbocycles. The molecule has 0 aliphatic heterocycles. The minimum absolute atomic E-state index is 0.0297. The number of carbonyl (C=O) groups is 3. The molecule has 2 unspecified atom stereocenters. The number of aliphatic carboxylic acids is 1. The van der Waals surface area contributed by atoms with Crippen molar-refractivity contribution in [2.24, 2.45) is 11.7 Å². The molecule has 21 heavy (non-hydrogen) atoms. The van der Waals surface area contributed by atoms with E-state index in [-0.39, 0.29) is 24.8 Å². The zero-order valence-electron chi connectivity index (χ0n) is 13.0. The van der Waals surface area contributed by atoms with E-state index in [4.69, 9.17) is 10.8 Å². The SMILES string of the molecule is CC(C)C(CN(C)C)NC(=O)NC(CCC(N)=O)C(=O)O. The summed E-state index contributed by atoms with van der Waals surface area (Å²) in [5.74, 6) is -1.59. The number of nitrogens with one attached hydrogen (secondary N) is 2. The third kappa shape index (κ3) is 8.85. The molecule has 0 spiro atoms. The van der Waals surface area contributed by atoms with Gasteiger partial charge in [0.05, 0.1) is 0 Å². The summed E-state index contributed by atoms with van der Waals surface area (Å²) < 4.78 is 0. The number of carbonyl (C=O) groups excluding carboxylic acids is 2. The third-order valence-electron chi connectivity index (χ3n) is 2.97. The lowest BCUT2D eigenvalue weighted by molar-refractivity contribution is -0.139. The molecular weight excluding hydrogens is 276 g/mol. The molecule has 0 aliphatic carbocycles. The van der Waals surface area contributed by atoms with Crippen LogP contribution in [-0.4, -0.2) is 60.6 Å². The number of rotatable bonds is 9. The highest BCUT2D eigenvalue weighted by Gasteiger charge is 2.23. The summed E-state index contributed by atoms with van der Waals surface area (Å²) in [6.45, 7) is 4.58. The van der Waals surface area contributed by atoms with Gasteiger partial charge in [-0.3, -0.25) is 4.79 Å². The number of hydrogen-bond acceptors (Lipinski definition) is 4. The molecule has 0 heterocycles. The van der Waals surface area contributed by atoms with E-state index in [0.29, 0.717) is 6.54 Å². The summed E-state index contributed by atoms with van der Waals surface area (Å²) in [6.07, 6.45) is -0.124. The number of amides is 3. The highest BCUT2D eigenvalue weighted by Crippen LogP contribution is 2.03. The molecule has 0 aliphatic rings. The number of likely N-dealkylation sites (N-methyl/N-ethyl adjacent to an activating group) is 1. The Labute approximate surface area is 125 Å². The fraction of sp³-hybridized carbons (Fsp3) is 0.769. The Bertz CT molecular complexity index is 371. The molecule has 0 aromatic carbocycles. The van der Waals surface area contributed by atoms with Crippen molar-refractivity contribution in [3.05, 3.63) is 0 Å². The number of nitrogens with zero attached hydrogens (tertiary/aromatic N) is 1. The summed E-state index contributed by atoms with van der Waals surface area (Å²) in [5.41, 5.74) is 4.98. The second kappa shape index (κ2) is 9.17. The van der Waals surface area contributed by atoms with Crippen molar-refractivity contribution in [1.29, 1.82) is 0 Å². The van der Waals surface area contributed by atoms with E-state index in [9.17, 15) is 14.4 Å². The largest absolute Gasteiger partial charge is 0.480 e. The first-order chi connectivity index (χ1) is 9.63. The lowest BCUT2D eigenvalue weighted by atomic mass is 10.0. The maximum Gasteiger partial charge on any atom is 0.326 e. The minimum atomic E-state index is -1.19. The molecule has 0 saturated heterocycles. The summed E-state index contributed by atoms with van der Waals surface area (Å²) in [5, 5.41) is 14.1. The fourth-order valence-electron chi connectivity index (χ4n) is 1.73. The van der Waals surface area contributed by atoms with Crippen molar-refractivity contribution >= 4 is 17.9 Å². The van der Waals surface area contributed by atoms with Gasteiger partial charge in [-0.2, -0.15) is 0 Å². The number of hydrogen-bond donors (Lipinski definition) is 4. The van der Waals surface area contributed by atoms with Crippen molar-refractivity contribution in [2.75, 3.05) is 20.6 Å². The van der Waals surface area contributed by atoms with Gasteiger partial charge in [0.25, 0.3) is 0 Å². The van der Waals surface area contributed by atoms with E-state index in [1.807, 2.05) is 32.8 Å². The highest BCUT2D eigenvalue weighted by atomic mass is 16.4. The Kier molecular flexibility index (Phi) is 8.37. The van der Waals surface area contributed by atoms with E-state index in [1.54, 1.807) is 0 Å². The van der Waals surface area contributed by atoms with Crippen LogP contribution in [0, 0.1) is 5.92 Å². The number of urea groups is 1. The van der Waals surface area contributed by atoms with Crippen LogP contribution in [0.4, 0.5) is 4.79 Å². The van der Waals surface area contributed by atoms with Gasteiger partial charge in [0.15, 0.2) is 0 Å². The predicted octanol–water partition coefficient (Wildman–Crippen LogP) is -0.409. The summed E-state index contributed by atoms with van der Waals surface area (Å²) in [4.78, 5) is 35.6. The van der Waals surface area contributed by atoms with Crippen molar-refractivity contribution in [3.63, 3.8) is 0 Å². The van der Waals surface area contributed by atoms with Crippen LogP contribution in [0.2, 0.25) is 0 Å². The quantitative estimate of drug-likeness (QED) is 0.461. The van der Waals surface area contributed by atoms with Crippen molar-refractivity contribution in [3.8, 4) is 0 Å². The van der Waals surface area contributed by atoms with Gasteiger partial charge in [0, 0.05) is 19.0 Å². The van der Waals surface area contributed by atoms with Crippen LogP contribution >= 0.6 is 0 Å². The van der Waals surface area contributed by atoms with Gasteiger partial charge in [-0.15, -0.1) is 0 Å². The second-order valence-corrected chi connectivity index (χ2v) is 5.63. The Hall–Kier alpha value is -1.83. The molecular formula is C13H26N4O4. The number of primary amides is 1. The van der Waals surface area contributed by atoms with Gasteiger partial charge in [-0.1, -0.05) is 13.8 Å². The average Bonchev–Trinajstić information content (AvgIpc) is 2.32. The third-order valence-corrected chi connectivity index (χ3v) is 2.97. The van der Waals surface area contributed by atoms with E-state index in [1.165, 1.54) is 0 Å². The van der Waals surface area contributed by atoms with Gasteiger partial charge in [0.1, 0.15) is 6.04 Å². The lowest BCUT2D eigenvalue weighted by Crippen LogP contribution is -2.52. The van der Waals surface area contributed by atoms with Gasteiger partial charge < -0.3 is 26.4 Å². The van der Waals surface area contributed by atoms with E-state index in [0.717, 1.165) is 0 Å². The average molecular weight is 302 g/mol. The molecule has 0 aromatic heterocycles. The first-order valence-electron chi connectivity index (χ1n) is 6.86. The maximum absolute atomic E-state index is 11.9. The standard InChI is InChI=1S/C13H26N4O4/c1-8(2)10(7-17(3)4)16-13(21)15-9(12(19)20)5-6-11(14)18/h8-10H,5-7H2,1-4H3,(H2,14,18)(H,19,20)(H2,15,16,21). The van der Waals surface area contributed by atoms with E-state index >= 15 is 0 Å². The first kappa shape index (κ1) is 19.2. The highest BCUT2D eigenvalue weighted by molar-refractivity contribution is 5.83. The molecule has 0 aromatic rings. The van der Waals surface area contributed by atoms with Crippen LogP contribution in [-0.2, 0) is 9.59 Å². The van der Waals surface area contributed by atoms with Crippen LogP contribution in [0.1, 0.15) is 26.7 Å². The molecule has 8 nitrogen and oxygen atoms in total. The fourth-order valence-corrected chi connectivity index (χ4v) is 1.73. The van der Waals surface area contributed by atoms with Crippen LogP contribution in [0.25, 0.3) is 0 Å². The van der Waals surface area contributed by atoms with Crippen LogP contribution in [0.5, 0.6) is 0 Å². The van der Waals surface area contributed by atoms with Gasteiger partial charge >= 0.3 is 12.0 Å². The molecule has 0 rings (SSSR count). The van der Waals surface area contributed by atoms with E-state index in [2.05, 4.69) is 10.6 Å². The summed E-state index contributed by atoms with van der Waals surface area (Å²) >= 11 is 0. The maximum atomic E-state index is 11.9. The number of nitrogens with two attached hydrogens (primary N) is 1. The Morgan fingerprint density at radius 1 is 1.19 bits per heavy atom. The zero-order valence-corrected chi connectivity index (χ0v) is 13.0. The molecule has 0 bridgehead atoms. The van der Waals surface area contributed by atoms with Gasteiger partial charge in [-0.05, 0) is 26.4 Å². The van der Waals surface area contributed by atoms with E-state index < -0.39 is 23.9 Å². The predicted molar refractivity (Wildman–Crippen MR) is 78.7 cm³/mol. The normalized spacial score (nSPS) is 13.8. The Morgan fingerprint density at radius 2 is 1.76 bits per heavy atom. The minimum Gasteiger partial charge on any atom is -0.480 e. The van der Waals surface area contributed by atoms with Crippen LogP contribution in [0.15, 0.2) is 0 Å². The summed E-state index contributed by atoms with van der Waals surface area (Å²) in [6, 6.07) is -1.80. The lowest BCUT2D eigenvalue weighted by Gasteiger charge is -2.26. The van der Waals surface area contributed by atoms with Crippen molar-refractivity contribution < 1.29 is 19.5 Å². The Morgan fingerprint density at radius 3 is 2.14 bits per heavy atom. The second-order valence-electron chi connectivity index (χ2n) is 5.63. The Balaban J connectivity index is 4.52. The monoisotopic (exact) mass is 302 g/mol. The van der Waals surface area contributed by atoms with Crippen LogP contribution < -0.4 is 16.4 Å². The number of carboxylic acids is 1. The molecule has 8 heteroatoms. The number of carboxylic acid groups (broad SMARTS) is 1. The molecule has 0 fully saturated rings. The van der Waals surface area contributed by atoms with Crippen LogP contribution in [0.3, 0.4) is 0 Å². The van der Waals surface area contributed by atoms with Gasteiger partial charge in [-0.25, -0.2) is 9.59 Å². The molecule has 0 radical (unpaired) electrons. The van der Waals surface area contributed by atoms with Gasteiger partial charge in [0.2, 0.25) is 5.91 Å². The molecule has 5 N–H and O–H groups in total. The molecule has 3 amide bonds. The topological polar surface area (TPSA) is 125 Å². The first-order valence-corrected chi connectivity index (χ1v) is 6.86. The summed E-state index contributed by atoms with van der Waals surface area (Å²) in [7, 11) is 3.78. The molecule has 2 atom stereocenters. The molecule has 122 valence electrons.